The van der Waals surface area contributed by atoms with Gasteiger partial charge in [-0.1, -0.05) is 6.07 Å². The highest BCUT2D eigenvalue weighted by molar-refractivity contribution is 5.92. The number of anilines is 1. The number of nitrogens with one attached hydrogen (secondary N) is 1. The molecule has 0 aliphatic rings. The average Bonchev–Trinajstić information content (AvgIpc) is 2.61. The molecule has 0 radical (unpaired) electrons. The Hall–Kier alpha value is -3.13. The molecule has 0 aliphatic carbocycles. The number of non-ortho nitro benzene ring substituents is 1. The molecule has 2 aromatic carbocycles. The Morgan fingerprint density at radius 1 is 1.12 bits per heavy atom. The van der Waals surface area contributed by atoms with Gasteiger partial charge in [0.2, 0.25) is 5.91 Å². The molecule has 0 unspecified atom stereocenters. The van der Waals surface area contributed by atoms with Gasteiger partial charge in [-0.25, -0.2) is 0 Å². The lowest BCUT2D eigenvalue weighted by Crippen LogP contribution is -2.29. The fourth-order valence-electron chi connectivity index (χ4n) is 2.46. The largest absolute Gasteiger partial charge is 0.493 e. The molecule has 8 heteroatoms. The summed E-state index contributed by atoms with van der Waals surface area (Å²) in [6.07, 6.45) is 0. The average molecular weight is 359 g/mol. The van der Waals surface area contributed by atoms with Crippen LogP contribution >= 0.6 is 0 Å². The van der Waals surface area contributed by atoms with Crippen molar-refractivity contribution >= 4 is 17.3 Å². The van der Waals surface area contributed by atoms with Crippen molar-refractivity contribution < 1.29 is 19.2 Å². The van der Waals surface area contributed by atoms with Crippen molar-refractivity contribution in [3.8, 4) is 11.5 Å². The summed E-state index contributed by atoms with van der Waals surface area (Å²) in [5.74, 6) is 1.07. The summed E-state index contributed by atoms with van der Waals surface area (Å²) < 4.78 is 10.5. The second-order valence-electron chi connectivity index (χ2n) is 5.71. The van der Waals surface area contributed by atoms with E-state index in [1.165, 1.54) is 24.3 Å². The second kappa shape index (κ2) is 8.82. The maximum absolute atomic E-state index is 12.1. The van der Waals surface area contributed by atoms with Crippen LogP contribution in [-0.2, 0) is 11.3 Å². The molecule has 1 amide bonds. The molecule has 138 valence electrons. The van der Waals surface area contributed by atoms with E-state index in [2.05, 4.69) is 5.32 Å². The third-order valence-corrected chi connectivity index (χ3v) is 3.68. The van der Waals surface area contributed by atoms with E-state index in [1.807, 2.05) is 30.1 Å². The molecule has 0 heterocycles. The van der Waals surface area contributed by atoms with Crippen LogP contribution in [0, 0.1) is 10.1 Å². The van der Waals surface area contributed by atoms with E-state index in [-0.39, 0.29) is 18.1 Å². The summed E-state index contributed by atoms with van der Waals surface area (Å²) in [6.45, 7) is 0.722. The van der Waals surface area contributed by atoms with Gasteiger partial charge in [0.25, 0.3) is 5.69 Å². The van der Waals surface area contributed by atoms with Gasteiger partial charge in [0, 0.05) is 24.4 Å². The summed E-state index contributed by atoms with van der Waals surface area (Å²) >= 11 is 0. The van der Waals surface area contributed by atoms with Crippen LogP contribution in [0.25, 0.3) is 0 Å². The quantitative estimate of drug-likeness (QED) is 0.575. The number of likely N-dealkylation sites (N-methyl/N-ethyl adjacent to an activating group) is 1. The van der Waals surface area contributed by atoms with Gasteiger partial charge in [-0.2, -0.15) is 0 Å². The topological polar surface area (TPSA) is 93.9 Å². The normalized spacial score (nSPS) is 10.5. The fourth-order valence-corrected chi connectivity index (χ4v) is 2.46. The third kappa shape index (κ3) is 5.18. The minimum absolute atomic E-state index is 0.0198. The molecule has 26 heavy (non-hydrogen) atoms. The number of nitrogens with zero attached hydrogens (tertiary/aromatic N) is 2. The lowest BCUT2D eigenvalue weighted by molar-refractivity contribution is -0.384. The fraction of sp³-hybridized carbons (Fsp3) is 0.278. The van der Waals surface area contributed by atoms with Crippen LogP contribution in [0.2, 0.25) is 0 Å². The lowest BCUT2D eigenvalue weighted by atomic mass is 10.2. The number of benzene rings is 2. The molecule has 0 saturated carbocycles. The van der Waals surface area contributed by atoms with Crippen molar-refractivity contribution in [3.63, 3.8) is 0 Å². The predicted octanol–water partition coefficient (Wildman–Crippen LogP) is 2.68. The van der Waals surface area contributed by atoms with Crippen LogP contribution < -0.4 is 14.8 Å². The van der Waals surface area contributed by atoms with Gasteiger partial charge in [-0.3, -0.25) is 19.8 Å². The van der Waals surface area contributed by atoms with E-state index in [1.54, 1.807) is 14.2 Å². The van der Waals surface area contributed by atoms with Crippen LogP contribution in [0.1, 0.15) is 5.56 Å². The SMILES string of the molecule is COc1ccc(CN(C)CC(=O)Nc2ccc([N+](=O)[O-])cc2)cc1OC. The molecule has 0 saturated heterocycles. The maximum Gasteiger partial charge on any atom is 0.269 e. The number of amides is 1. The summed E-state index contributed by atoms with van der Waals surface area (Å²) in [4.78, 5) is 24.1. The molecule has 0 aliphatic heterocycles. The monoisotopic (exact) mass is 359 g/mol. The summed E-state index contributed by atoms with van der Waals surface area (Å²) in [5.41, 5.74) is 1.47. The first-order valence-electron chi connectivity index (χ1n) is 7.86. The first-order chi connectivity index (χ1) is 12.4. The van der Waals surface area contributed by atoms with Crippen LogP contribution in [0.5, 0.6) is 11.5 Å². The Bertz CT molecular complexity index is 777. The van der Waals surface area contributed by atoms with Crippen molar-refractivity contribution in [3.05, 3.63) is 58.1 Å². The van der Waals surface area contributed by atoms with E-state index >= 15 is 0 Å². The van der Waals surface area contributed by atoms with Crippen molar-refractivity contribution in [1.82, 2.24) is 4.90 Å². The second-order valence-corrected chi connectivity index (χ2v) is 5.71. The number of carbonyl (C=O) groups is 1. The molecular weight excluding hydrogens is 338 g/mol. The van der Waals surface area contributed by atoms with E-state index in [0.29, 0.717) is 23.7 Å². The van der Waals surface area contributed by atoms with E-state index in [4.69, 9.17) is 9.47 Å². The van der Waals surface area contributed by atoms with E-state index in [0.717, 1.165) is 5.56 Å². The Labute approximate surface area is 151 Å². The Kier molecular flexibility index (Phi) is 6.51. The number of methoxy groups -OCH3 is 2. The Balaban J connectivity index is 1.91. The molecule has 8 nitrogen and oxygen atoms in total. The van der Waals surface area contributed by atoms with Gasteiger partial charge in [-0.05, 0) is 36.9 Å². The highest BCUT2D eigenvalue weighted by Gasteiger charge is 2.11. The van der Waals surface area contributed by atoms with Crippen LogP contribution in [0.3, 0.4) is 0 Å². The zero-order valence-electron chi connectivity index (χ0n) is 14.9. The smallest absolute Gasteiger partial charge is 0.269 e. The number of hydrogen-bond donors (Lipinski definition) is 1. The molecule has 0 aromatic heterocycles. The Morgan fingerprint density at radius 3 is 2.35 bits per heavy atom. The highest BCUT2D eigenvalue weighted by Crippen LogP contribution is 2.27. The van der Waals surface area contributed by atoms with Crippen molar-refractivity contribution in [1.29, 1.82) is 0 Å². The lowest BCUT2D eigenvalue weighted by Gasteiger charge is -2.17. The standard InChI is InChI=1S/C18H21N3O5/c1-20(11-13-4-9-16(25-2)17(10-13)26-3)12-18(22)19-14-5-7-15(8-6-14)21(23)24/h4-10H,11-12H2,1-3H3,(H,19,22). The van der Waals surface area contributed by atoms with Crippen molar-refractivity contribution in [2.24, 2.45) is 0 Å². The maximum atomic E-state index is 12.1. The summed E-state index contributed by atoms with van der Waals surface area (Å²) in [5, 5.41) is 13.4. The number of ether oxygens (including phenoxy) is 2. The Morgan fingerprint density at radius 2 is 1.77 bits per heavy atom. The van der Waals surface area contributed by atoms with Crippen molar-refractivity contribution in [2.45, 2.75) is 6.54 Å². The van der Waals surface area contributed by atoms with Gasteiger partial charge < -0.3 is 14.8 Å². The molecular formula is C18H21N3O5. The predicted molar refractivity (Wildman–Crippen MR) is 97.6 cm³/mol. The first-order valence-corrected chi connectivity index (χ1v) is 7.86. The molecule has 2 rings (SSSR count). The number of rotatable bonds is 8. The molecule has 0 atom stereocenters. The minimum Gasteiger partial charge on any atom is -0.493 e. The molecule has 0 bridgehead atoms. The summed E-state index contributed by atoms with van der Waals surface area (Å²) in [6, 6.07) is 11.3. The van der Waals surface area contributed by atoms with Crippen LogP contribution in [-0.4, -0.2) is 43.5 Å². The highest BCUT2D eigenvalue weighted by atomic mass is 16.6. The minimum atomic E-state index is -0.484. The van der Waals surface area contributed by atoms with E-state index in [9.17, 15) is 14.9 Å². The number of carbonyl (C=O) groups excluding carboxylic acids is 1. The molecule has 0 fully saturated rings. The zero-order chi connectivity index (χ0) is 19.1. The van der Waals surface area contributed by atoms with Crippen molar-refractivity contribution in [2.75, 3.05) is 33.1 Å². The van der Waals surface area contributed by atoms with Crippen LogP contribution in [0.15, 0.2) is 42.5 Å². The molecule has 0 spiro atoms. The number of hydrogen-bond acceptors (Lipinski definition) is 6. The third-order valence-electron chi connectivity index (χ3n) is 3.68. The van der Waals surface area contributed by atoms with Gasteiger partial charge in [0.15, 0.2) is 11.5 Å². The number of nitro groups is 1. The summed E-state index contributed by atoms with van der Waals surface area (Å²) in [7, 11) is 4.97. The first kappa shape index (κ1) is 19.2. The number of nitro benzene ring substituents is 1. The van der Waals surface area contributed by atoms with Gasteiger partial charge in [0.1, 0.15) is 0 Å². The van der Waals surface area contributed by atoms with E-state index < -0.39 is 4.92 Å². The van der Waals surface area contributed by atoms with Crippen LogP contribution in [0.4, 0.5) is 11.4 Å². The van der Waals surface area contributed by atoms with Gasteiger partial charge in [0.05, 0.1) is 25.7 Å². The molecule has 2 aromatic rings. The van der Waals surface area contributed by atoms with Gasteiger partial charge >= 0.3 is 0 Å². The molecule has 1 N–H and O–H groups in total. The zero-order valence-corrected chi connectivity index (χ0v) is 14.9. The van der Waals surface area contributed by atoms with Gasteiger partial charge in [-0.15, -0.1) is 0 Å².